The summed E-state index contributed by atoms with van der Waals surface area (Å²) in [5.74, 6) is 1.93. The van der Waals surface area contributed by atoms with Crippen LogP contribution in [0.3, 0.4) is 0 Å². The first-order valence-corrected chi connectivity index (χ1v) is 13.9. The van der Waals surface area contributed by atoms with Crippen molar-refractivity contribution < 1.29 is 9.18 Å². The van der Waals surface area contributed by atoms with E-state index in [-0.39, 0.29) is 11.7 Å². The van der Waals surface area contributed by atoms with E-state index in [2.05, 4.69) is 32.5 Å². The summed E-state index contributed by atoms with van der Waals surface area (Å²) in [6.45, 7) is 7.80. The molecule has 1 saturated heterocycles. The van der Waals surface area contributed by atoms with E-state index in [1.165, 1.54) is 48.8 Å². The van der Waals surface area contributed by atoms with Crippen molar-refractivity contribution in [1.29, 1.82) is 0 Å². The van der Waals surface area contributed by atoms with Gasteiger partial charge in [0.1, 0.15) is 11.6 Å². The molecule has 2 atom stereocenters. The topological polar surface area (TPSA) is 48.5 Å². The molecule has 7 heteroatoms. The fraction of sp³-hybridized carbons (Fsp3) is 0.448. The van der Waals surface area contributed by atoms with Gasteiger partial charge in [-0.15, -0.1) is 0 Å². The van der Waals surface area contributed by atoms with Crippen LogP contribution >= 0.6 is 11.5 Å². The molecule has 5 nitrogen and oxygen atoms in total. The van der Waals surface area contributed by atoms with Crippen LogP contribution < -0.4 is 10.2 Å². The Hall–Kier alpha value is -2.77. The molecule has 0 bridgehead atoms. The third kappa shape index (κ3) is 5.95. The second kappa shape index (κ2) is 11.5. The van der Waals surface area contributed by atoms with E-state index in [1.54, 1.807) is 12.1 Å². The number of piperazine rings is 1. The predicted octanol–water partition coefficient (Wildman–Crippen LogP) is 5.50. The molecule has 1 saturated carbocycles. The number of carbonyl (C=O) groups is 1. The highest BCUT2D eigenvalue weighted by Gasteiger charge is 2.29. The monoisotopic (exact) mass is 506 g/mol. The second-order valence-corrected chi connectivity index (χ2v) is 11.0. The number of benzene rings is 2. The number of nitrogens with zero attached hydrogens (tertiary/aromatic N) is 3. The maximum Gasteiger partial charge on any atom is 0.244 e. The highest BCUT2D eigenvalue weighted by Crippen LogP contribution is 2.33. The Labute approximate surface area is 217 Å². The van der Waals surface area contributed by atoms with Crippen molar-refractivity contribution in [3.05, 3.63) is 65.5 Å². The van der Waals surface area contributed by atoms with E-state index in [0.29, 0.717) is 11.8 Å². The maximum absolute atomic E-state index is 13.5. The van der Waals surface area contributed by atoms with Crippen molar-refractivity contribution in [3.63, 3.8) is 0 Å². The molecular weight excluding hydrogens is 471 g/mol. The van der Waals surface area contributed by atoms with Crippen molar-refractivity contribution in [2.45, 2.75) is 32.6 Å². The summed E-state index contributed by atoms with van der Waals surface area (Å²) in [6.07, 6.45) is 8.53. The van der Waals surface area contributed by atoms with Gasteiger partial charge in [0.05, 0.1) is 4.70 Å². The van der Waals surface area contributed by atoms with Crippen LogP contribution in [0.1, 0.15) is 36.8 Å². The smallest absolute Gasteiger partial charge is 0.244 e. The average Bonchev–Trinajstić information content (AvgIpc) is 3.31. The van der Waals surface area contributed by atoms with Crippen LogP contribution in [0.2, 0.25) is 0 Å². The summed E-state index contributed by atoms with van der Waals surface area (Å²) in [4.78, 5) is 17.4. The minimum Gasteiger partial charge on any atom is -0.353 e. The molecule has 2 heterocycles. The van der Waals surface area contributed by atoms with Gasteiger partial charge in [-0.2, -0.15) is 4.37 Å². The van der Waals surface area contributed by atoms with Crippen molar-refractivity contribution >= 4 is 39.4 Å². The number of nitrogens with one attached hydrogen (secondary N) is 1. The minimum atomic E-state index is -0.206. The summed E-state index contributed by atoms with van der Waals surface area (Å²) < 4.78 is 19.1. The lowest BCUT2D eigenvalue weighted by Crippen LogP contribution is -2.49. The molecule has 1 aliphatic heterocycles. The number of rotatable bonds is 7. The predicted molar refractivity (Wildman–Crippen MR) is 147 cm³/mol. The molecule has 2 fully saturated rings. The molecule has 5 rings (SSSR count). The highest BCUT2D eigenvalue weighted by atomic mass is 32.1. The van der Waals surface area contributed by atoms with Crippen LogP contribution in [0.25, 0.3) is 16.2 Å². The summed E-state index contributed by atoms with van der Waals surface area (Å²) in [6, 6.07) is 13.1. The van der Waals surface area contributed by atoms with Crippen LogP contribution in [0.15, 0.2) is 48.5 Å². The first kappa shape index (κ1) is 24.9. The Bertz CT molecular complexity index is 1220. The van der Waals surface area contributed by atoms with Gasteiger partial charge in [0, 0.05) is 50.7 Å². The molecule has 2 aliphatic rings. The molecule has 2 aromatic carbocycles. The number of amides is 1. The summed E-state index contributed by atoms with van der Waals surface area (Å²) in [5, 5.41) is 4.22. The molecule has 0 unspecified atom stereocenters. The zero-order chi connectivity index (χ0) is 24.9. The number of hydrogen-bond acceptors (Lipinski definition) is 5. The Morgan fingerprint density at radius 3 is 2.69 bits per heavy atom. The summed E-state index contributed by atoms with van der Waals surface area (Å²) in [5.41, 5.74) is 2.26. The maximum atomic E-state index is 13.5. The fourth-order valence-electron chi connectivity index (χ4n) is 5.62. The third-order valence-electron chi connectivity index (χ3n) is 7.79. The zero-order valence-corrected chi connectivity index (χ0v) is 21.8. The molecule has 1 N–H and O–H groups in total. The van der Waals surface area contributed by atoms with Crippen molar-refractivity contribution in [3.8, 4) is 0 Å². The first-order chi connectivity index (χ1) is 17.6. The van der Waals surface area contributed by atoms with Crippen molar-refractivity contribution in [2.75, 3.05) is 44.2 Å². The largest absolute Gasteiger partial charge is 0.353 e. The second-order valence-electron chi connectivity index (χ2n) is 10.2. The van der Waals surface area contributed by atoms with Gasteiger partial charge in [0.2, 0.25) is 5.91 Å². The fourth-order valence-corrected chi connectivity index (χ4v) is 6.44. The van der Waals surface area contributed by atoms with Crippen LogP contribution in [-0.2, 0) is 4.79 Å². The highest BCUT2D eigenvalue weighted by molar-refractivity contribution is 7.13. The van der Waals surface area contributed by atoms with E-state index in [0.717, 1.165) is 60.7 Å². The van der Waals surface area contributed by atoms with E-state index >= 15 is 0 Å². The lowest BCUT2D eigenvalue weighted by atomic mass is 9.78. The number of halogens is 1. The van der Waals surface area contributed by atoms with Gasteiger partial charge in [0.25, 0.3) is 0 Å². The standard InChI is InChI=1S/C29H35FN4OS/c1-21-6-2-3-7-22(21)10-13-28(35)31-19-23-8-4-5-9-24(23)20-33-14-16-34(17-15-33)29-26-12-11-25(30)18-27(26)36-32-29/h2-3,6-7,10-13,18,23-24H,4-5,8-9,14-17,19-20H2,1H3,(H,31,35)/b13-10+/t23-,24-/m0/s1. The normalized spacial score (nSPS) is 21.3. The molecule has 36 heavy (non-hydrogen) atoms. The molecule has 1 aliphatic carbocycles. The van der Waals surface area contributed by atoms with Crippen LogP contribution in [-0.4, -0.2) is 54.4 Å². The van der Waals surface area contributed by atoms with Crippen LogP contribution in [0.4, 0.5) is 10.2 Å². The molecule has 3 aromatic rings. The SMILES string of the molecule is Cc1ccccc1/C=C/C(=O)NC[C@@H]1CCCC[C@H]1CN1CCN(c2nsc3cc(F)ccc23)CC1. The average molecular weight is 507 g/mol. The number of aryl methyl sites for hydroxylation is 1. The molecule has 0 spiro atoms. The Balaban J connectivity index is 1.12. The summed E-state index contributed by atoms with van der Waals surface area (Å²) in [7, 11) is 0. The van der Waals surface area contributed by atoms with E-state index < -0.39 is 0 Å². The van der Waals surface area contributed by atoms with Gasteiger partial charge in [-0.25, -0.2) is 4.39 Å². The Morgan fingerprint density at radius 1 is 1.11 bits per heavy atom. The number of fused-ring (bicyclic) bond motifs is 1. The van der Waals surface area contributed by atoms with Gasteiger partial charge in [-0.1, -0.05) is 37.1 Å². The van der Waals surface area contributed by atoms with Gasteiger partial charge < -0.3 is 10.2 Å². The lowest BCUT2D eigenvalue weighted by Gasteiger charge is -2.40. The molecule has 1 aromatic heterocycles. The quantitative estimate of drug-likeness (QED) is 0.430. The molecule has 190 valence electrons. The van der Waals surface area contributed by atoms with E-state index in [4.69, 9.17) is 0 Å². The van der Waals surface area contributed by atoms with E-state index in [9.17, 15) is 9.18 Å². The number of hydrogen-bond donors (Lipinski definition) is 1. The third-order valence-corrected chi connectivity index (χ3v) is 8.59. The van der Waals surface area contributed by atoms with Gasteiger partial charge in [-0.3, -0.25) is 9.69 Å². The van der Waals surface area contributed by atoms with Gasteiger partial charge in [0.15, 0.2) is 0 Å². The molecule has 1 amide bonds. The summed E-state index contributed by atoms with van der Waals surface area (Å²) >= 11 is 1.38. The van der Waals surface area contributed by atoms with Crippen molar-refractivity contribution in [1.82, 2.24) is 14.6 Å². The minimum absolute atomic E-state index is 0.00781. The molecule has 0 radical (unpaired) electrons. The van der Waals surface area contributed by atoms with Gasteiger partial charge in [-0.05, 0) is 78.5 Å². The van der Waals surface area contributed by atoms with Crippen LogP contribution in [0.5, 0.6) is 0 Å². The lowest BCUT2D eigenvalue weighted by molar-refractivity contribution is -0.116. The van der Waals surface area contributed by atoms with Crippen LogP contribution in [0, 0.1) is 24.6 Å². The first-order valence-electron chi connectivity index (χ1n) is 13.1. The zero-order valence-electron chi connectivity index (χ0n) is 21.0. The number of carbonyl (C=O) groups excluding carboxylic acids is 1. The number of aromatic nitrogens is 1. The van der Waals surface area contributed by atoms with Crippen molar-refractivity contribution in [2.24, 2.45) is 11.8 Å². The molecular formula is C29H35FN4OS. The Kier molecular flexibility index (Phi) is 7.97. The Morgan fingerprint density at radius 2 is 1.89 bits per heavy atom. The van der Waals surface area contributed by atoms with E-state index in [1.807, 2.05) is 30.3 Å². The number of anilines is 1. The van der Waals surface area contributed by atoms with Gasteiger partial charge >= 0.3 is 0 Å².